The Balaban J connectivity index is 1.86. The first-order valence-electron chi connectivity index (χ1n) is 7.32. The van der Waals surface area contributed by atoms with Crippen LogP contribution >= 0.6 is 27.7 Å². The lowest BCUT2D eigenvalue weighted by Crippen LogP contribution is -2.37. The molecule has 0 radical (unpaired) electrons. The molecule has 1 aliphatic rings. The van der Waals surface area contributed by atoms with Gasteiger partial charge in [0, 0.05) is 23.3 Å². The van der Waals surface area contributed by atoms with E-state index in [0.717, 1.165) is 36.2 Å². The van der Waals surface area contributed by atoms with Crippen molar-refractivity contribution in [2.45, 2.75) is 43.6 Å². The smallest absolute Gasteiger partial charge is 0.235 e. The van der Waals surface area contributed by atoms with E-state index < -0.39 is 0 Å². The van der Waals surface area contributed by atoms with Gasteiger partial charge in [-0.15, -0.1) is 11.8 Å². The second kappa shape index (κ2) is 8.08. The van der Waals surface area contributed by atoms with Crippen LogP contribution in [0.2, 0.25) is 0 Å². The molecule has 1 atom stereocenters. The van der Waals surface area contributed by atoms with Crippen molar-refractivity contribution in [1.29, 1.82) is 0 Å². The molecule has 1 amide bonds. The van der Waals surface area contributed by atoms with E-state index >= 15 is 0 Å². The van der Waals surface area contributed by atoms with Crippen molar-refractivity contribution in [3.8, 4) is 0 Å². The Bertz CT molecular complexity index is 444. The maximum atomic E-state index is 12.5. The molecule has 4 heteroatoms. The number of hydrogen-bond donors (Lipinski definition) is 0. The predicted molar refractivity (Wildman–Crippen MR) is 89.9 cm³/mol. The molecule has 0 bridgehead atoms. The van der Waals surface area contributed by atoms with Crippen LogP contribution in [0.3, 0.4) is 0 Å². The number of thioether (sulfide) groups is 1. The molecule has 1 fully saturated rings. The van der Waals surface area contributed by atoms with Crippen LogP contribution < -0.4 is 0 Å². The molecule has 1 aromatic rings. The Hall–Kier alpha value is -0.480. The second-order valence-electron chi connectivity index (χ2n) is 5.28. The van der Waals surface area contributed by atoms with Crippen molar-refractivity contribution >= 4 is 33.6 Å². The molecule has 1 unspecified atom stereocenters. The number of rotatable bonds is 4. The molecule has 0 aliphatic carbocycles. The van der Waals surface area contributed by atoms with Crippen LogP contribution in [0, 0.1) is 0 Å². The molecule has 1 saturated heterocycles. The van der Waals surface area contributed by atoms with Gasteiger partial charge in [-0.2, -0.15) is 0 Å². The predicted octanol–water partition coefficient (Wildman–Crippen LogP) is 4.47. The fourth-order valence-electron chi connectivity index (χ4n) is 2.45. The molecule has 20 heavy (non-hydrogen) atoms. The monoisotopic (exact) mass is 355 g/mol. The minimum absolute atomic E-state index is 0.0419. The Morgan fingerprint density at radius 2 is 1.90 bits per heavy atom. The minimum atomic E-state index is 0.0419. The Morgan fingerprint density at radius 1 is 1.25 bits per heavy atom. The highest BCUT2D eigenvalue weighted by molar-refractivity contribution is 9.10. The van der Waals surface area contributed by atoms with Gasteiger partial charge >= 0.3 is 0 Å². The summed E-state index contributed by atoms with van der Waals surface area (Å²) in [5, 5.41) is 0.0419. The summed E-state index contributed by atoms with van der Waals surface area (Å²) in [5.41, 5.74) is 1.26. The van der Waals surface area contributed by atoms with Crippen molar-refractivity contribution in [2.75, 3.05) is 13.1 Å². The number of carbonyl (C=O) groups is 1. The number of halogens is 1. The molecule has 1 aliphatic heterocycles. The van der Waals surface area contributed by atoms with Gasteiger partial charge in [0.05, 0.1) is 5.25 Å². The fraction of sp³-hybridized carbons (Fsp3) is 0.562. The zero-order chi connectivity index (χ0) is 14.4. The molecular formula is C16H22BrNOS. The largest absolute Gasteiger partial charge is 0.342 e. The van der Waals surface area contributed by atoms with E-state index in [0.29, 0.717) is 5.91 Å². The summed E-state index contributed by atoms with van der Waals surface area (Å²) in [6, 6.07) is 8.23. The maximum Gasteiger partial charge on any atom is 0.235 e. The summed E-state index contributed by atoms with van der Waals surface area (Å²) in [6.07, 6.45) is 4.85. The average molecular weight is 356 g/mol. The summed E-state index contributed by atoms with van der Waals surface area (Å²) in [4.78, 5) is 14.5. The molecule has 1 aromatic carbocycles. The SMILES string of the molecule is CC(SCc1ccccc1Br)C(=O)N1CCCCCC1. The average Bonchev–Trinajstić information content (AvgIpc) is 2.74. The summed E-state index contributed by atoms with van der Waals surface area (Å²) in [7, 11) is 0. The van der Waals surface area contributed by atoms with Crippen molar-refractivity contribution in [2.24, 2.45) is 0 Å². The number of likely N-dealkylation sites (tertiary alicyclic amines) is 1. The highest BCUT2D eigenvalue weighted by Crippen LogP contribution is 2.25. The van der Waals surface area contributed by atoms with Crippen molar-refractivity contribution in [3.05, 3.63) is 34.3 Å². The lowest BCUT2D eigenvalue weighted by atomic mass is 10.2. The molecule has 1 heterocycles. The zero-order valence-corrected chi connectivity index (χ0v) is 14.4. The number of carbonyl (C=O) groups excluding carboxylic acids is 1. The van der Waals surface area contributed by atoms with Gasteiger partial charge in [0.2, 0.25) is 5.91 Å². The molecule has 0 aromatic heterocycles. The van der Waals surface area contributed by atoms with E-state index in [4.69, 9.17) is 0 Å². The first-order chi connectivity index (χ1) is 9.68. The van der Waals surface area contributed by atoms with Gasteiger partial charge in [0.15, 0.2) is 0 Å². The topological polar surface area (TPSA) is 20.3 Å². The quantitative estimate of drug-likeness (QED) is 0.793. The van der Waals surface area contributed by atoms with Gasteiger partial charge < -0.3 is 4.90 Å². The van der Waals surface area contributed by atoms with Gasteiger partial charge in [0.25, 0.3) is 0 Å². The van der Waals surface area contributed by atoms with Gasteiger partial charge in [-0.25, -0.2) is 0 Å². The van der Waals surface area contributed by atoms with Gasteiger partial charge in [0.1, 0.15) is 0 Å². The molecule has 2 rings (SSSR count). The fourth-order valence-corrected chi connectivity index (χ4v) is 4.03. The van der Waals surface area contributed by atoms with E-state index in [1.54, 1.807) is 11.8 Å². The second-order valence-corrected chi connectivity index (χ2v) is 7.47. The van der Waals surface area contributed by atoms with Crippen molar-refractivity contribution < 1.29 is 4.79 Å². The van der Waals surface area contributed by atoms with Crippen LogP contribution in [0.1, 0.15) is 38.2 Å². The number of nitrogens with zero attached hydrogens (tertiary/aromatic N) is 1. The van der Waals surface area contributed by atoms with Crippen LogP contribution in [0.5, 0.6) is 0 Å². The Morgan fingerprint density at radius 3 is 2.55 bits per heavy atom. The highest BCUT2D eigenvalue weighted by atomic mass is 79.9. The normalized spacial score (nSPS) is 17.6. The van der Waals surface area contributed by atoms with Crippen molar-refractivity contribution in [3.63, 3.8) is 0 Å². The summed E-state index contributed by atoms with van der Waals surface area (Å²) < 4.78 is 1.13. The molecule has 0 spiro atoms. The zero-order valence-electron chi connectivity index (χ0n) is 12.0. The summed E-state index contributed by atoms with van der Waals surface area (Å²) >= 11 is 5.29. The van der Waals surface area contributed by atoms with Crippen LogP contribution in [-0.2, 0) is 10.5 Å². The first-order valence-corrected chi connectivity index (χ1v) is 9.16. The van der Waals surface area contributed by atoms with E-state index in [2.05, 4.69) is 33.0 Å². The van der Waals surface area contributed by atoms with E-state index in [-0.39, 0.29) is 5.25 Å². The molecule has 0 saturated carbocycles. The molecular weight excluding hydrogens is 334 g/mol. The van der Waals surface area contributed by atoms with Gasteiger partial charge in [-0.05, 0) is 31.4 Å². The van der Waals surface area contributed by atoms with E-state index in [9.17, 15) is 4.79 Å². The third-order valence-electron chi connectivity index (χ3n) is 3.71. The summed E-state index contributed by atoms with van der Waals surface area (Å²) in [5.74, 6) is 1.19. The third-order valence-corrected chi connectivity index (χ3v) is 5.67. The Kier molecular flexibility index (Phi) is 6.43. The van der Waals surface area contributed by atoms with Crippen LogP contribution in [-0.4, -0.2) is 29.1 Å². The Labute approximate surface area is 134 Å². The van der Waals surface area contributed by atoms with Crippen LogP contribution in [0.4, 0.5) is 0 Å². The lowest BCUT2D eigenvalue weighted by Gasteiger charge is -2.24. The number of amides is 1. The molecule has 110 valence electrons. The number of benzene rings is 1. The minimum Gasteiger partial charge on any atom is -0.342 e. The summed E-state index contributed by atoms with van der Waals surface area (Å²) in [6.45, 7) is 3.92. The lowest BCUT2D eigenvalue weighted by molar-refractivity contribution is -0.130. The maximum absolute atomic E-state index is 12.5. The van der Waals surface area contributed by atoms with E-state index in [1.165, 1.54) is 18.4 Å². The first kappa shape index (κ1) is 15.9. The van der Waals surface area contributed by atoms with Crippen molar-refractivity contribution in [1.82, 2.24) is 4.90 Å². The standard InChI is InChI=1S/C16H22BrNOS/c1-13(16(19)18-10-6-2-3-7-11-18)20-12-14-8-4-5-9-15(14)17/h4-5,8-9,13H,2-3,6-7,10-12H2,1H3. The molecule has 2 nitrogen and oxygen atoms in total. The molecule has 0 N–H and O–H groups in total. The van der Waals surface area contributed by atoms with Crippen LogP contribution in [0.15, 0.2) is 28.7 Å². The van der Waals surface area contributed by atoms with Gasteiger partial charge in [-0.3, -0.25) is 4.79 Å². The van der Waals surface area contributed by atoms with E-state index in [1.807, 2.05) is 19.1 Å². The van der Waals surface area contributed by atoms with Crippen LogP contribution in [0.25, 0.3) is 0 Å². The highest BCUT2D eigenvalue weighted by Gasteiger charge is 2.21. The third kappa shape index (κ3) is 4.52. The van der Waals surface area contributed by atoms with Gasteiger partial charge in [-0.1, -0.05) is 47.0 Å². The number of hydrogen-bond acceptors (Lipinski definition) is 2.